The van der Waals surface area contributed by atoms with Gasteiger partial charge in [0.15, 0.2) is 11.5 Å². The molecule has 168 valence electrons. The maximum Gasteiger partial charge on any atom is 0.273 e. The zero-order valence-corrected chi connectivity index (χ0v) is 18.3. The summed E-state index contributed by atoms with van der Waals surface area (Å²) in [4.78, 5) is 13.9. The summed E-state index contributed by atoms with van der Waals surface area (Å²) in [7, 11) is 1.84. The largest absolute Gasteiger partial charge is 0.454 e. The summed E-state index contributed by atoms with van der Waals surface area (Å²) >= 11 is 0. The molecule has 9 heteroatoms. The van der Waals surface area contributed by atoms with Crippen LogP contribution in [0.4, 0.5) is 5.69 Å². The van der Waals surface area contributed by atoms with E-state index >= 15 is 0 Å². The molecule has 1 aromatic heterocycles. The average molecular weight is 438 g/mol. The number of rotatable bonds is 7. The molecule has 4 rings (SSSR count). The molecule has 0 bridgehead atoms. The molecular formula is C23H26N4O5. The molecule has 2 heterocycles. The zero-order chi connectivity index (χ0) is 22.8. The quantitative estimate of drug-likeness (QED) is 0.542. The minimum atomic E-state index is -0.274. The Morgan fingerprint density at radius 1 is 1.09 bits per heavy atom. The highest BCUT2D eigenvalue weighted by Crippen LogP contribution is 2.39. The normalized spacial score (nSPS) is 12.6. The highest BCUT2D eigenvalue weighted by Gasteiger charge is 2.27. The van der Waals surface area contributed by atoms with Crippen LogP contribution in [-0.2, 0) is 13.2 Å². The van der Waals surface area contributed by atoms with Gasteiger partial charge in [0.05, 0.1) is 30.6 Å². The van der Waals surface area contributed by atoms with Crippen molar-refractivity contribution in [1.82, 2.24) is 15.2 Å². The second-order valence-corrected chi connectivity index (χ2v) is 7.70. The van der Waals surface area contributed by atoms with Gasteiger partial charge in [0.1, 0.15) is 0 Å². The van der Waals surface area contributed by atoms with Gasteiger partial charge in [0, 0.05) is 30.6 Å². The van der Waals surface area contributed by atoms with E-state index in [1.807, 2.05) is 32.0 Å². The van der Waals surface area contributed by atoms with Gasteiger partial charge in [-0.15, -0.1) is 0 Å². The van der Waals surface area contributed by atoms with Crippen LogP contribution in [0.3, 0.4) is 0 Å². The van der Waals surface area contributed by atoms with Crippen LogP contribution < -0.4 is 14.5 Å². The van der Waals surface area contributed by atoms with Gasteiger partial charge in [-0.25, -0.2) is 10.0 Å². The molecule has 0 fully saturated rings. The number of amides is 1. The Balaban J connectivity index is 1.87. The molecule has 2 aromatic carbocycles. The van der Waals surface area contributed by atoms with Gasteiger partial charge in [-0.3, -0.25) is 4.79 Å². The summed E-state index contributed by atoms with van der Waals surface area (Å²) in [5.74, 6) is 0.903. The molecule has 1 aliphatic rings. The molecule has 0 radical (unpaired) electrons. The molecule has 0 aliphatic carbocycles. The number of hydrazine groups is 1. The zero-order valence-electron chi connectivity index (χ0n) is 18.3. The van der Waals surface area contributed by atoms with Crippen molar-refractivity contribution in [3.8, 4) is 11.5 Å². The van der Waals surface area contributed by atoms with Gasteiger partial charge in [0.2, 0.25) is 6.79 Å². The lowest BCUT2D eigenvalue weighted by atomic mass is 9.99. The summed E-state index contributed by atoms with van der Waals surface area (Å²) in [6.45, 7) is 4.12. The number of anilines is 1. The van der Waals surface area contributed by atoms with Gasteiger partial charge in [0.25, 0.3) is 5.91 Å². The molecule has 0 spiro atoms. The molecule has 1 aliphatic heterocycles. The molecule has 32 heavy (non-hydrogen) atoms. The monoisotopic (exact) mass is 438 g/mol. The molecular weight excluding hydrogens is 412 g/mol. The summed E-state index contributed by atoms with van der Waals surface area (Å²) < 4.78 is 11.0. The smallest absolute Gasteiger partial charge is 0.273 e. The highest BCUT2D eigenvalue weighted by atomic mass is 16.7. The minimum absolute atomic E-state index is 0.132. The van der Waals surface area contributed by atoms with Gasteiger partial charge in [-0.2, -0.15) is 10.2 Å². The number of carbonyl (C=O) groups is 1. The number of fused-ring (bicyclic) bond motifs is 2. The molecule has 0 atom stereocenters. The third-order valence-electron chi connectivity index (χ3n) is 5.54. The number of nitrogens with zero attached hydrogens (tertiary/aromatic N) is 4. The summed E-state index contributed by atoms with van der Waals surface area (Å²) in [5.41, 5.74) is 3.39. The van der Waals surface area contributed by atoms with E-state index in [9.17, 15) is 15.0 Å². The van der Waals surface area contributed by atoms with E-state index in [-0.39, 0.29) is 25.9 Å². The number of aliphatic hydroxyl groups excluding tert-OH is 2. The summed E-state index contributed by atoms with van der Waals surface area (Å²) in [5, 5.41) is 31.8. The highest BCUT2D eigenvalue weighted by molar-refractivity contribution is 6.10. The first-order chi connectivity index (χ1) is 15.5. The van der Waals surface area contributed by atoms with Gasteiger partial charge in [-0.05, 0) is 42.2 Å². The van der Waals surface area contributed by atoms with Gasteiger partial charge < -0.3 is 19.7 Å². The van der Waals surface area contributed by atoms with Crippen LogP contribution in [0.15, 0.2) is 30.5 Å². The van der Waals surface area contributed by atoms with Crippen LogP contribution in [0, 0.1) is 6.92 Å². The number of hydrogen-bond donors (Lipinski definition) is 2. The van der Waals surface area contributed by atoms with Crippen LogP contribution in [-0.4, -0.2) is 51.7 Å². The Bertz CT molecular complexity index is 1170. The standard InChI is InChI=1S/C23H26N4O5/c1-4-5-26(3)27(23(30)17-7-16(12-29)15(11-28)6-14(17)2)20-10-24-25-19-9-22-21(8-18(19)20)31-13-32-22/h6-10,28-29H,4-5,11-13H2,1-3H3. The Morgan fingerprint density at radius 2 is 1.78 bits per heavy atom. The van der Waals surface area contributed by atoms with E-state index in [0.29, 0.717) is 56.9 Å². The van der Waals surface area contributed by atoms with E-state index in [0.717, 1.165) is 6.42 Å². The molecule has 1 amide bonds. The molecule has 2 N–H and O–H groups in total. The summed E-state index contributed by atoms with van der Waals surface area (Å²) in [6, 6.07) is 6.93. The van der Waals surface area contributed by atoms with Crippen molar-refractivity contribution in [2.45, 2.75) is 33.5 Å². The van der Waals surface area contributed by atoms with Crippen molar-refractivity contribution in [1.29, 1.82) is 0 Å². The Hall–Kier alpha value is -3.27. The number of aliphatic hydroxyl groups is 2. The lowest BCUT2D eigenvalue weighted by Gasteiger charge is -2.33. The Kier molecular flexibility index (Phi) is 6.22. The second kappa shape index (κ2) is 9.07. The molecule has 0 saturated heterocycles. The van der Waals surface area contributed by atoms with Crippen molar-refractivity contribution in [2.24, 2.45) is 0 Å². The van der Waals surface area contributed by atoms with E-state index in [1.165, 1.54) is 0 Å². The predicted octanol–water partition coefficient (Wildman–Crippen LogP) is 2.56. The number of hydrogen-bond acceptors (Lipinski definition) is 8. The van der Waals surface area contributed by atoms with Crippen molar-refractivity contribution in [3.63, 3.8) is 0 Å². The maximum absolute atomic E-state index is 13.9. The van der Waals surface area contributed by atoms with Crippen LogP contribution in [0.5, 0.6) is 11.5 Å². The van der Waals surface area contributed by atoms with E-state index in [4.69, 9.17) is 9.47 Å². The van der Waals surface area contributed by atoms with Crippen molar-refractivity contribution in [2.75, 3.05) is 25.4 Å². The fourth-order valence-electron chi connectivity index (χ4n) is 3.93. The maximum atomic E-state index is 13.9. The third-order valence-corrected chi connectivity index (χ3v) is 5.54. The third kappa shape index (κ3) is 3.86. The number of aromatic nitrogens is 2. The van der Waals surface area contributed by atoms with Crippen molar-refractivity contribution >= 4 is 22.5 Å². The number of aryl methyl sites for hydroxylation is 1. The lowest BCUT2D eigenvalue weighted by molar-refractivity contribution is 0.0914. The first-order valence-electron chi connectivity index (χ1n) is 10.4. The molecule has 3 aromatic rings. The van der Waals surface area contributed by atoms with E-state index in [2.05, 4.69) is 10.2 Å². The van der Waals surface area contributed by atoms with Gasteiger partial charge >= 0.3 is 0 Å². The predicted molar refractivity (Wildman–Crippen MR) is 118 cm³/mol. The number of ether oxygens (including phenoxy) is 2. The number of benzene rings is 2. The van der Waals surface area contributed by atoms with Crippen LogP contribution in [0.25, 0.3) is 10.9 Å². The molecule has 0 unspecified atom stereocenters. The minimum Gasteiger partial charge on any atom is -0.454 e. The van der Waals surface area contributed by atoms with Crippen LogP contribution >= 0.6 is 0 Å². The van der Waals surface area contributed by atoms with Gasteiger partial charge in [-0.1, -0.05) is 13.0 Å². The SMILES string of the molecule is CCCN(C)N(C(=O)c1cc(CO)c(CO)cc1C)c1cnnc2cc3c(cc12)OCO3. The lowest BCUT2D eigenvalue weighted by Crippen LogP contribution is -2.45. The van der Waals surface area contributed by atoms with E-state index in [1.54, 1.807) is 29.4 Å². The van der Waals surface area contributed by atoms with Crippen molar-refractivity contribution in [3.05, 3.63) is 52.7 Å². The molecule has 0 saturated carbocycles. The summed E-state index contributed by atoms with van der Waals surface area (Å²) in [6.07, 6.45) is 2.38. The fourth-order valence-corrected chi connectivity index (χ4v) is 3.93. The number of carbonyl (C=O) groups excluding carboxylic acids is 1. The second-order valence-electron chi connectivity index (χ2n) is 7.70. The first-order valence-corrected chi connectivity index (χ1v) is 10.4. The molecule has 9 nitrogen and oxygen atoms in total. The fraction of sp³-hybridized carbons (Fsp3) is 0.348. The van der Waals surface area contributed by atoms with E-state index < -0.39 is 0 Å². The van der Waals surface area contributed by atoms with Crippen LogP contribution in [0.2, 0.25) is 0 Å². The first kappa shape index (κ1) is 21.9. The Morgan fingerprint density at radius 3 is 2.47 bits per heavy atom. The van der Waals surface area contributed by atoms with Crippen LogP contribution in [0.1, 0.15) is 40.4 Å². The topological polar surface area (TPSA) is 108 Å². The Labute approximate surface area is 185 Å². The van der Waals surface area contributed by atoms with Crippen molar-refractivity contribution < 1.29 is 24.5 Å². The average Bonchev–Trinajstić information content (AvgIpc) is 3.25.